The Labute approximate surface area is 116 Å². The van der Waals surface area contributed by atoms with Crippen molar-refractivity contribution >= 4 is 34.1 Å². The summed E-state index contributed by atoms with van der Waals surface area (Å²) in [5.74, 6) is 2.21. The lowest BCUT2D eigenvalue weighted by Gasteiger charge is -2.08. The molecule has 1 aromatic carbocycles. The third kappa shape index (κ3) is 3.44. The molecule has 0 saturated heterocycles. The lowest BCUT2D eigenvalue weighted by Crippen LogP contribution is -2.28. The van der Waals surface area contributed by atoms with Gasteiger partial charge in [-0.3, -0.25) is 15.1 Å². The van der Waals surface area contributed by atoms with Crippen LogP contribution in [0.2, 0.25) is 5.02 Å². The van der Waals surface area contributed by atoms with E-state index >= 15 is 0 Å². The van der Waals surface area contributed by atoms with E-state index in [-0.39, 0.29) is 12.5 Å². The first-order valence-corrected chi connectivity index (χ1v) is 6.07. The number of terminal acetylenes is 1. The Morgan fingerprint density at radius 1 is 1.47 bits per heavy atom. The zero-order chi connectivity index (χ0) is 13.7. The average molecular weight is 274 g/mol. The fourth-order valence-corrected chi connectivity index (χ4v) is 1.92. The predicted molar refractivity (Wildman–Crippen MR) is 77.1 cm³/mol. The molecule has 5 heteroatoms. The Balaban J connectivity index is 2.20. The lowest BCUT2D eigenvalue weighted by molar-refractivity contribution is -0.115. The summed E-state index contributed by atoms with van der Waals surface area (Å²) in [5.41, 5.74) is 1.30. The second kappa shape index (κ2) is 6.19. The fraction of sp³-hybridized carbons (Fsp3) is 0.143. The standard InChI is InChI=1S/C14H12ClN3O/c1-2-5-16-9-13(19)18-12-8-11(15)7-10-4-3-6-17-14(10)12/h1,3-4,6-8,16H,5,9H2,(H,18,19). The van der Waals surface area contributed by atoms with E-state index in [1.807, 2.05) is 12.1 Å². The van der Waals surface area contributed by atoms with Crippen LogP contribution < -0.4 is 10.6 Å². The van der Waals surface area contributed by atoms with Crippen LogP contribution in [0.4, 0.5) is 5.69 Å². The summed E-state index contributed by atoms with van der Waals surface area (Å²) in [5, 5.41) is 7.01. The number of amides is 1. The summed E-state index contributed by atoms with van der Waals surface area (Å²) in [6.07, 6.45) is 6.76. The van der Waals surface area contributed by atoms with E-state index in [9.17, 15) is 4.79 Å². The SMILES string of the molecule is C#CCNCC(=O)Nc1cc(Cl)cc2cccnc12. The number of anilines is 1. The highest BCUT2D eigenvalue weighted by Gasteiger charge is 2.07. The first-order chi connectivity index (χ1) is 9.20. The molecule has 19 heavy (non-hydrogen) atoms. The number of nitrogens with one attached hydrogen (secondary N) is 2. The van der Waals surface area contributed by atoms with E-state index in [4.69, 9.17) is 18.0 Å². The summed E-state index contributed by atoms with van der Waals surface area (Å²) in [6.45, 7) is 0.493. The minimum absolute atomic E-state index is 0.144. The number of hydrogen-bond donors (Lipinski definition) is 2. The molecule has 2 aromatic rings. The van der Waals surface area contributed by atoms with E-state index < -0.39 is 0 Å². The molecule has 0 aliphatic rings. The van der Waals surface area contributed by atoms with E-state index in [0.29, 0.717) is 22.8 Å². The van der Waals surface area contributed by atoms with Crippen LogP contribution in [0.15, 0.2) is 30.5 Å². The molecule has 0 spiro atoms. The highest BCUT2D eigenvalue weighted by molar-refractivity contribution is 6.32. The molecule has 0 bridgehead atoms. The van der Waals surface area contributed by atoms with Crippen LogP contribution in [-0.2, 0) is 4.79 Å². The Hall–Kier alpha value is -2.09. The van der Waals surface area contributed by atoms with Crippen LogP contribution in [0.3, 0.4) is 0 Å². The Bertz CT molecular complexity index is 649. The molecule has 0 radical (unpaired) electrons. The molecule has 0 unspecified atom stereocenters. The van der Waals surface area contributed by atoms with Crippen molar-refractivity contribution in [3.63, 3.8) is 0 Å². The molecule has 0 atom stereocenters. The van der Waals surface area contributed by atoms with Gasteiger partial charge in [0.25, 0.3) is 0 Å². The third-order valence-electron chi connectivity index (χ3n) is 2.46. The lowest BCUT2D eigenvalue weighted by atomic mass is 10.2. The van der Waals surface area contributed by atoms with Gasteiger partial charge in [0.2, 0.25) is 5.91 Å². The van der Waals surface area contributed by atoms with Crippen LogP contribution in [0.5, 0.6) is 0 Å². The minimum atomic E-state index is -0.190. The molecular weight excluding hydrogens is 262 g/mol. The topological polar surface area (TPSA) is 54.0 Å². The molecule has 2 N–H and O–H groups in total. The van der Waals surface area contributed by atoms with Crippen molar-refractivity contribution in [1.29, 1.82) is 0 Å². The maximum Gasteiger partial charge on any atom is 0.238 e. The Morgan fingerprint density at radius 3 is 3.11 bits per heavy atom. The number of carbonyl (C=O) groups excluding carboxylic acids is 1. The maximum atomic E-state index is 11.7. The van der Waals surface area contributed by atoms with Crippen molar-refractivity contribution in [1.82, 2.24) is 10.3 Å². The monoisotopic (exact) mass is 273 g/mol. The molecule has 1 heterocycles. The number of aromatic nitrogens is 1. The van der Waals surface area contributed by atoms with Gasteiger partial charge in [0.15, 0.2) is 0 Å². The number of benzene rings is 1. The van der Waals surface area contributed by atoms with Crippen molar-refractivity contribution in [2.45, 2.75) is 0 Å². The van der Waals surface area contributed by atoms with Gasteiger partial charge in [0.1, 0.15) is 0 Å². The number of carbonyl (C=O) groups is 1. The van der Waals surface area contributed by atoms with Crippen LogP contribution >= 0.6 is 11.6 Å². The predicted octanol–water partition coefficient (Wildman–Crippen LogP) is 2.05. The molecule has 96 valence electrons. The highest BCUT2D eigenvalue weighted by atomic mass is 35.5. The van der Waals surface area contributed by atoms with E-state index in [0.717, 1.165) is 5.39 Å². The summed E-state index contributed by atoms with van der Waals surface area (Å²) >= 11 is 6.01. The molecule has 0 aliphatic heterocycles. The molecule has 1 aromatic heterocycles. The number of hydrogen-bond acceptors (Lipinski definition) is 3. The first-order valence-electron chi connectivity index (χ1n) is 5.69. The Kier molecular flexibility index (Phi) is 4.35. The number of rotatable bonds is 4. The summed E-state index contributed by atoms with van der Waals surface area (Å²) in [4.78, 5) is 16.0. The van der Waals surface area contributed by atoms with Crippen molar-refractivity contribution in [3.05, 3.63) is 35.5 Å². The second-order valence-corrected chi connectivity index (χ2v) is 4.32. The molecule has 0 saturated carbocycles. The van der Waals surface area contributed by atoms with Gasteiger partial charge in [0.05, 0.1) is 24.3 Å². The molecular formula is C14H12ClN3O. The van der Waals surface area contributed by atoms with Crippen LogP contribution in [0, 0.1) is 12.3 Å². The van der Waals surface area contributed by atoms with Crippen LogP contribution in [0.25, 0.3) is 10.9 Å². The summed E-state index contributed by atoms with van der Waals surface area (Å²) in [6, 6.07) is 7.19. The zero-order valence-electron chi connectivity index (χ0n) is 10.1. The van der Waals surface area contributed by atoms with E-state index in [1.165, 1.54) is 0 Å². The van der Waals surface area contributed by atoms with Gasteiger partial charge in [-0.15, -0.1) is 6.42 Å². The largest absolute Gasteiger partial charge is 0.323 e. The van der Waals surface area contributed by atoms with E-state index in [1.54, 1.807) is 18.3 Å². The normalized spacial score (nSPS) is 10.1. The van der Waals surface area contributed by atoms with Gasteiger partial charge in [0, 0.05) is 16.6 Å². The minimum Gasteiger partial charge on any atom is -0.323 e. The fourth-order valence-electron chi connectivity index (χ4n) is 1.69. The van der Waals surface area contributed by atoms with Crippen LogP contribution in [-0.4, -0.2) is 24.0 Å². The smallest absolute Gasteiger partial charge is 0.238 e. The van der Waals surface area contributed by atoms with Gasteiger partial charge in [-0.05, 0) is 18.2 Å². The molecule has 4 nitrogen and oxygen atoms in total. The van der Waals surface area contributed by atoms with Gasteiger partial charge >= 0.3 is 0 Å². The number of nitrogens with zero attached hydrogens (tertiary/aromatic N) is 1. The zero-order valence-corrected chi connectivity index (χ0v) is 10.9. The molecule has 0 fully saturated rings. The second-order valence-electron chi connectivity index (χ2n) is 3.88. The molecule has 2 rings (SSSR count). The van der Waals surface area contributed by atoms with Gasteiger partial charge in [-0.25, -0.2) is 0 Å². The number of pyridine rings is 1. The highest BCUT2D eigenvalue weighted by Crippen LogP contribution is 2.26. The van der Waals surface area contributed by atoms with Gasteiger partial charge < -0.3 is 5.32 Å². The summed E-state index contributed by atoms with van der Waals surface area (Å²) in [7, 11) is 0. The van der Waals surface area contributed by atoms with Gasteiger partial charge in [-0.1, -0.05) is 23.6 Å². The quantitative estimate of drug-likeness (QED) is 0.662. The third-order valence-corrected chi connectivity index (χ3v) is 2.67. The molecule has 1 amide bonds. The van der Waals surface area contributed by atoms with Crippen molar-refractivity contribution in [2.75, 3.05) is 18.4 Å². The number of fused-ring (bicyclic) bond motifs is 1. The van der Waals surface area contributed by atoms with Crippen molar-refractivity contribution in [2.24, 2.45) is 0 Å². The summed E-state index contributed by atoms with van der Waals surface area (Å²) < 4.78 is 0. The van der Waals surface area contributed by atoms with Crippen molar-refractivity contribution in [3.8, 4) is 12.3 Å². The maximum absolute atomic E-state index is 11.7. The van der Waals surface area contributed by atoms with Crippen molar-refractivity contribution < 1.29 is 4.79 Å². The average Bonchev–Trinajstić information content (AvgIpc) is 2.39. The van der Waals surface area contributed by atoms with Gasteiger partial charge in [-0.2, -0.15) is 0 Å². The molecule has 0 aliphatic carbocycles. The first kappa shape index (κ1) is 13.3. The van der Waals surface area contributed by atoms with E-state index in [2.05, 4.69) is 21.5 Å². The Morgan fingerprint density at radius 2 is 2.32 bits per heavy atom. The number of halogens is 1. The van der Waals surface area contributed by atoms with Crippen LogP contribution in [0.1, 0.15) is 0 Å².